The minimum absolute atomic E-state index is 0.0504. The number of hydrogen-bond acceptors (Lipinski definition) is 4. The molecule has 1 N–H and O–H groups in total. The van der Waals surface area contributed by atoms with E-state index < -0.39 is 0 Å². The molecule has 0 bridgehead atoms. The van der Waals surface area contributed by atoms with Gasteiger partial charge in [-0.15, -0.1) is 0 Å². The van der Waals surface area contributed by atoms with Gasteiger partial charge in [-0.05, 0) is 29.7 Å². The number of aromatic nitrogens is 2. The summed E-state index contributed by atoms with van der Waals surface area (Å²) in [6.07, 6.45) is 2.02. The second-order valence-electron chi connectivity index (χ2n) is 6.81. The molecule has 7 heteroatoms. The summed E-state index contributed by atoms with van der Waals surface area (Å²) in [6.45, 7) is 5.82. The van der Waals surface area contributed by atoms with Gasteiger partial charge in [-0.25, -0.2) is 0 Å². The Bertz CT molecular complexity index is 788. The number of amides is 1. The van der Waals surface area contributed by atoms with E-state index in [2.05, 4.69) is 24.3 Å². The number of nitrogens with zero attached hydrogens (tertiary/aromatic N) is 2. The van der Waals surface area contributed by atoms with Crippen LogP contribution in [0.15, 0.2) is 24.4 Å². The molecule has 1 aliphatic rings. The molecule has 0 aliphatic carbocycles. The van der Waals surface area contributed by atoms with Crippen LogP contribution in [0.5, 0.6) is 11.5 Å². The molecule has 1 aromatic carbocycles. The first-order chi connectivity index (χ1) is 12.5. The van der Waals surface area contributed by atoms with Gasteiger partial charge >= 0.3 is 0 Å². The molecule has 140 valence electrons. The monoisotopic (exact) mass is 377 g/mol. The van der Waals surface area contributed by atoms with E-state index in [9.17, 15) is 4.79 Å². The van der Waals surface area contributed by atoms with E-state index in [0.717, 1.165) is 11.3 Å². The summed E-state index contributed by atoms with van der Waals surface area (Å²) >= 11 is 6.24. The third-order valence-corrected chi connectivity index (χ3v) is 4.86. The van der Waals surface area contributed by atoms with Crippen LogP contribution in [-0.2, 0) is 18.3 Å². The van der Waals surface area contributed by atoms with Crippen molar-refractivity contribution in [3.8, 4) is 11.5 Å². The van der Waals surface area contributed by atoms with Crippen LogP contribution in [0.4, 0.5) is 0 Å². The lowest BCUT2D eigenvalue weighted by Gasteiger charge is -2.22. The van der Waals surface area contributed by atoms with Crippen molar-refractivity contribution < 1.29 is 14.3 Å². The lowest BCUT2D eigenvalue weighted by atomic mass is 9.92. The van der Waals surface area contributed by atoms with Gasteiger partial charge in [0.1, 0.15) is 13.2 Å². The summed E-state index contributed by atoms with van der Waals surface area (Å²) in [5.41, 5.74) is 1.92. The Labute approximate surface area is 158 Å². The SMILES string of the molecule is CC(C)C(CNC(=O)Cc1cc(Cl)c2c(c1)OCCO2)c1ccnn1C. The number of hydrogen-bond donors (Lipinski definition) is 1. The summed E-state index contributed by atoms with van der Waals surface area (Å²) in [7, 11) is 1.92. The number of halogens is 1. The number of fused-ring (bicyclic) bond motifs is 1. The normalized spacial score (nSPS) is 14.3. The molecule has 1 atom stereocenters. The lowest BCUT2D eigenvalue weighted by Crippen LogP contribution is -2.32. The molecular weight excluding hydrogens is 354 g/mol. The molecule has 2 aromatic rings. The van der Waals surface area contributed by atoms with Crippen LogP contribution in [0.2, 0.25) is 5.02 Å². The number of rotatable bonds is 6. The van der Waals surface area contributed by atoms with E-state index >= 15 is 0 Å². The molecule has 0 spiro atoms. The van der Waals surface area contributed by atoms with Crippen LogP contribution in [0.25, 0.3) is 0 Å². The summed E-state index contributed by atoms with van der Waals surface area (Å²) in [4.78, 5) is 12.4. The summed E-state index contributed by atoms with van der Waals surface area (Å²) in [5.74, 6) is 1.69. The molecule has 6 nitrogen and oxygen atoms in total. The topological polar surface area (TPSA) is 65.4 Å². The van der Waals surface area contributed by atoms with E-state index in [0.29, 0.717) is 42.2 Å². The Kier molecular flexibility index (Phi) is 5.71. The van der Waals surface area contributed by atoms with Gasteiger partial charge in [0.25, 0.3) is 0 Å². The molecule has 0 fully saturated rings. The Morgan fingerprint density at radius 1 is 1.35 bits per heavy atom. The third kappa shape index (κ3) is 4.12. The third-order valence-electron chi connectivity index (χ3n) is 4.58. The van der Waals surface area contributed by atoms with Crippen molar-refractivity contribution in [1.82, 2.24) is 15.1 Å². The van der Waals surface area contributed by atoms with Crippen LogP contribution in [-0.4, -0.2) is 35.4 Å². The summed E-state index contributed by atoms with van der Waals surface area (Å²) in [6, 6.07) is 5.58. The first kappa shape index (κ1) is 18.6. The zero-order valence-corrected chi connectivity index (χ0v) is 16.0. The van der Waals surface area contributed by atoms with Gasteiger partial charge in [-0.3, -0.25) is 9.48 Å². The van der Waals surface area contributed by atoms with E-state index in [1.807, 2.05) is 23.9 Å². The molecule has 0 radical (unpaired) electrons. The lowest BCUT2D eigenvalue weighted by molar-refractivity contribution is -0.120. The number of aryl methyl sites for hydroxylation is 1. The zero-order chi connectivity index (χ0) is 18.7. The number of carbonyl (C=O) groups is 1. The number of ether oxygens (including phenoxy) is 2. The Hall–Kier alpha value is -2.21. The molecule has 1 aliphatic heterocycles. The molecule has 1 unspecified atom stereocenters. The van der Waals surface area contributed by atoms with Gasteiger partial charge in [0.05, 0.1) is 11.4 Å². The average molecular weight is 378 g/mol. The maximum Gasteiger partial charge on any atom is 0.224 e. The average Bonchev–Trinajstić information content (AvgIpc) is 3.01. The van der Waals surface area contributed by atoms with Gasteiger partial charge in [0, 0.05) is 31.4 Å². The summed E-state index contributed by atoms with van der Waals surface area (Å²) in [5, 5.41) is 7.73. The van der Waals surface area contributed by atoms with Crippen molar-refractivity contribution in [2.75, 3.05) is 19.8 Å². The number of nitrogens with one attached hydrogen (secondary N) is 1. The van der Waals surface area contributed by atoms with Gasteiger partial charge < -0.3 is 14.8 Å². The van der Waals surface area contributed by atoms with Gasteiger partial charge in [0.2, 0.25) is 5.91 Å². The van der Waals surface area contributed by atoms with Gasteiger partial charge in [-0.1, -0.05) is 25.4 Å². The predicted octanol–water partition coefficient (Wildman–Crippen LogP) is 2.94. The van der Waals surface area contributed by atoms with Crippen LogP contribution in [0.1, 0.15) is 31.0 Å². The van der Waals surface area contributed by atoms with E-state index in [1.54, 1.807) is 12.3 Å². The zero-order valence-electron chi connectivity index (χ0n) is 15.3. The highest BCUT2D eigenvalue weighted by molar-refractivity contribution is 6.32. The molecule has 0 saturated heterocycles. The quantitative estimate of drug-likeness (QED) is 0.840. The van der Waals surface area contributed by atoms with Crippen LogP contribution in [0, 0.1) is 5.92 Å². The van der Waals surface area contributed by atoms with Crippen molar-refractivity contribution in [2.45, 2.75) is 26.2 Å². The van der Waals surface area contributed by atoms with Gasteiger partial charge in [0.15, 0.2) is 11.5 Å². The molecule has 0 saturated carbocycles. The minimum Gasteiger partial charge on any atom is -0.486 e. The molecule has 2 heterocycles. The maximum absolute atomic E-state index is 12.4. The second kappa shape index (κ2) is 7.99. The highest BCUT2D eigenvalue weighted by Gasteiger charge is 2.21. The summed E-state index contributed by atoms with van der Waals surface area (Å²) < 4.78 is 12.9. The Balaban J connectivity index is 1.63. The highest BCUT2D eigenvalue weighted by Crippen LogP contribution is 2.38. The second-order valence-corrected chi connectivity index (χ2v) is 7.22. The number of carbonyl (C=O) groups excluding carboxylic acids is 1. The smallest absolute Gasteiger partial charge is 0.224 e. The van der Waals surface area contributed by atoms with Crippen molar-refractivity contribution in [3.63, 3.8) is 0 Å². The van der Waals surface area contributed by atoms with Crippen molar-refractivity contribution in [3.05, 3.63) is 40.7 Å². The van der Waals surface area contributed by atoms with Crippen LogP contribution in [0.3, 0.4) is 0 Å². The molecule has 1 amide bonds. The largest absolute Gasteiger partial charge is 0.486 e. The molecule has 3 rings (SSSR count). The Morgan fingerprint density at radius 3 is 2.81 bits per heavy atom. The minimum atomic E-state index is -0.0504. The molecule has 26 heavy (non-hydrogen) atoms. The highest BCUT2D eigenvalue weighted by atomic mass is 35.5. The van der Waals surface area contributed by atoms with Crippen molar-refractivity contribution >= 4 is 17.5 Å². The molecule has 1 aromatic heterocycles. The maximum atomic E-state index is 12.4. The fourth-order valence-corrected chi connectivity index (χ4v) is 3.46. The van der Waals surface area contributed by atoms with E-state index in [4.69, 9.17) is 21.1 Å². The van der Waals surface area contributed by atoms with Crippen LogP contribution < -0.4 is 14.8 Å². The van der Waals surface area contributed by atoms with Gasteiger partial charge in [-0.2, -0.15) is 5.10 Å². The Morgan fingerprint density at radius 2 is 2.12 bits per heavy atom. The molecular formula is C19H24ClN3O3. The van der Waals surface area contributed by atoms with Crippen molar-refractivity contribution in [1.29, 1.82) is 0 Å². The van der Waals surface area contributed by atoms with E-state index in [-0.39, 0.29) is 18.2 Å². The van der Waals surface area contributed by atoms with E-state index in [1.165, 1.54) is 0 Å². The van der Waals surface area contributed by atoms with Crippen LogP contribution >= 0.6 is 11.6 Å². The first-order valence-electron chi connectivity index (χ1n) is 8.78. The predicted molar refractivity (Wildman–Crippen MR) is 99.9 cm³/mol. The first-order valence-corrected chi connectivity index (χ1v) is 9.16. The number of benzene rings is 1. The van der Waals surface area contributed by atoms with Crippen molar-refractivity contribution in [2.24, 2.45) is 13.0 Å². The fraction of sp³-hybridized carbons (Fsp3) is 0.474. The fourth-order valence-electron chi connectivity index (χ4n) is 3.17. The standard InChI is InChI=1S/C19H24ClN3O3/c1-12(2)14(16-4-5-22-23(16)3)11-21-18(24)10-13-8-15(20)19-17(9-13)25-6-7-26-19/h4-5,8-9,12,14H,6-7,10-11H2,1-3H3,(H,21,24).